The molecule has 3 N–H and O–H groups in total. The molecule has 2 aliphatic heterocycles. The number of nitrogens with one attached hydrogen (secondary N) is 1. The third-order valence-electron chi connectivity index (χ3n) is 8.80. The summed E-state index contributed by atoms with van der Waals surface area (Å²) in [6.45, 7) is 7.30. The summed E-state index contributed by atoms with van der Waals surface area (Å²) < 4.78 is 0. The molecule has 208 valence electrons. The van der Waals surface area contributed by atoms with Crippen LogP contribution in [0.4, 0.5) is 17.3 Å². The number of amides is 2. The highest BCUT2D eigenvalue weighted by molar-refractivity contribution is 5.96. The summed E-state index contributed by atoms with van der Waals surface area (Å²) in [4.78, 5) is 39.9. The molecule has 2 saturated heterocycles. The van der Waals surface area contributed by atoms with Gasteiger partial charge in [-0.3, -0.25) is 9.59 Å². The maximum atomic E-state index is 12.1. The van der Waals surface area contributed by atoms with Gasteiger partial charge in [-0.2, -0.15) is 0 Å². The Labute approximate surface area is 231 Å². The van der Waals surface area contributed by atoms with Gasteiger partial charge in [0.15, 0.2) is 11.5 Å². The molecular weight excluding hydrogens is 490 g/mol. The Hall–Kier alpha value is -3.46. The smallest absolute Gasteiger partial charge is 0.271 e. The molecule has 3 aliphatic rings. The predicted molar refractivity (Wildman–Crippen MR) is 154 cm³/mol. The van der Waals surface area contributed by atoms with Gasteiger partial charge in [0.1, 0.15) is 5.82 Å². The number of nitrogens with two attached hydrogens (primary N) is 1. The Bertz CT molecular complexity index is 1170. The van der Waals surface area contributed by atoms with E-state index in [0.29, 0.717) is 24.1 Å². The van der Waals surface area contributed by atoms with Gasteiger partial charge in [-0.25, -0.2) is 9.97 Å². The number of piperidine rings is 2. The second kappa shape index (κ2) is 12.2. The van der Waals surface area contributed by atoms with Crippen molar-refractivity contribution in [2.45, 2.75) is 69.4 Å². The molecule has 1 unspecified atom stereocenters. The maximum absolute atomic E-state index is 12.1. The van der Waals surface area contributed by atoms with E-state index in [0.717, 1.165) is 31.1 Å². The fourth-order valence-corrected chi connectivity index (χ4v) is 6.45. The fourth-order valence-electron chi connectivity index (χ4n) is 6.45. The summed E-state index contributed by atoms with van der Waals surface area (Å²) in [6, 6.07) is 9.34. The highest BCUT2D eigenvalue weighted by Crippen LogP contribution is 2.33. The van der Waals surface area contributed by atoms with Crippen molar-refractivity contribution in [1.82, 2.24) is 19.8 Å². The third kappa shape index (κ3) is 6.24. The highest BCUT2D eigenvalue weighted by Gasteiger charge is 2.28. The van der Waals surface area contributed by atoms with Crippen LogP contribution in [0.3, 0.4) is 0 Å². The van der Waals surface area contributed by atoms with Gasteiger partial charge in [0.2, 0.25) is 5.91 Å². The van der Waals surface area contributed by atoms with Crippen molar-refractivity contribution < 1.29 is 9.59 Å². The molecule has 39 heavy (non-hydrogen) atoms. The van der Waals surface area contributed by atoms with Crippen LogP contribution < -0.4 is 16.0 Å². The number of rotatable bonds is 8. The van der Waals surface area contributed by atoms with Gasteiger partial charge in [0.05, 0.1) is 6.20 Å². The van der Waals surface area contributed by atoms with Crippen LogP contribution in [0.1, 0.15) is 73.3 Å². The Balaban J connectivity index is 1.26. The first kappa shape index (κ1) is 27.1. The number of primary amides is 1. The summed E-state index contributed by atoms with van der Waals surface area (Å²) in [5, 5.41) is 3.28. The summed E-state index contributed by atoms with van der Waals surface area (Å²) in [6.07, 6.45) is 12.7. The SMILES string of the molecule is C=CC(=O)N1CCCC(N(C)c2cnc(C(N)=O)c(Nc3ccc(C4CCN(C5CCCC5)CC4)cc3)n2)C1. The molecule has 9 heteroatoms. The number of nitrogens with zero attached hydrogens (tertiary/aromatic N) is 5. The van der Waals surface area contributed by atoms with Gasteiger partial charge in [0.25, 0.3) is 5.91 Å². The van der Waals surface area contributed by atoms with E-state index in [4.69, 9.17) is 10.7 Å². The van der Waals surface area contributed by atoms with Gasteiger partial charge in [-0.1, -0.05) is 31.6 Å². The molecule has 3 heterocycles. The van der Waals surface area contributed by atoms with Crippen LogP contribution in [0.2, 0.25) is 0 Å². The Morgan fingerprint density at radius 1 is 1.05 bits per heavy atom. The minimum absolute atomic E-state index is 0.0616. The fraction of sp³-hybridized carbons (Fsp3) is 0.533. The zero-order valence-electron chi connectivity index (χ0n) is 23.0. The highest BCUT2D eigenvalue weighted by atomic mass is 16.2. The second-order valence-corrected chi connectivity index (χ2v) is 11.2. The van der Waals surface area contributed by atoms with Crippen molar-refractivity contribution in [3.05, 3.63) is 54.4 Å². The number of likely N-dealkylation sites (tertiary alicyclic amines) is 2. The molecular formula is C30H41N7O2. The van der Waals surface area contributed by atoms with Crippen molar-refractivity contribution in [3.63, 3.8) is 0 Å². The lowest BCUT2D eigenvalue weighted by Gasteiger charge is -2.37. The van der Waals surface area contributed by atoms with Crippen LogP contribution in [-0.2, 0) is 4.79 Å². The molecule has 2 aromatic rings. The van der Waals surface area contributed by atoms with Crippen molar-refractivity contribution >= 4 is 29.1 Å². The molecule has 0 radical (unpaired) electrons. The minimum Gasteiger partial charge on any atom is -0.364 e. The summed E-state index contributed by atoms with van der Waals surface area (Å²) in [5.74, 6) is 0.835. The van der Waals surface area contributed by atoms with Gasteiger partial charge in [-0.15, -0.1) is 0 Å². The Morgan fingerprint density at radius 3 is 2.44 bits per heavy atom. The average Bonchev–Trinajstić information content (AvgIpc) is 3.52. The normalized spacial score (nSPS) is 21.1. The van der Waals surface area contributed by atoms with Gasteiger partial charge < -0.3 is 25.8 Å². The monoisotopic (exact) mass is 531 g/mol. The number of carbonyl (C=O) groups is 2. The van der Waals surface area contributed by atoms with E-state index in [1.165, 1.54) is 63.3 Å². The second-order valence-electron chi connectivity index (χ2n) is 11.2. The van der Waals surface area contributed by atoms with E-state index in [1.807, 2.05) is 29.0 Å². The van der Waals surface area contributed by atoms with Crippen LogP contribution in [0, 0.1) is 0 Å². The summed E-state index contributed by atoms with van der Waals surface area (Å²) in [5.41, 5.74) is 7.92. The molecule has 1 saturated carbocycles. The van der Waals surface area contributed by atoms with Gasteiger partial charge in [-0.05, 0) is 81.3 Å². The zero-order chi connectivity index (χ0) is 27.4. The van der Waals surface area contributed by atoms with Gasteiger partial charge in [0, 0.05) is 37.9 Å². The van der Waals surface area contributed by atoms with Crippen LogP contribution in [0.15, 0.2) is 43.1 Å². The number of anilines is 3. The molecule has 1 atom stereocenters. The number of hydrogen-bond acceptors (Lipinski definition) is 7. The number of aromatic nitrogens is 2. The first-order chi connectivity index (χ1) is 18.9. The first-order valence-corrected chi connectivity index (χ1v) is 14.3. The van der Waals surface area contributed by atoms with Crippen LogP contribution in [0.25, 0.3) is 0 Å². The van der Waals surface area contributed by atoms with Crippen LogP contribution in [-0.4, -0.2) is 76.9 Å². The Morgan fingerprint density at radius 2 is 1.77 bits per heavy atom. The molecule has 5 rings (SSSR count). The standard InChI is InChI=1S/C30H41N7O2/c1-3-27(38)37-16-6-9-25(20-37)35(2)26-19-32-28(29(31)39)30(34-26)33-23-12-10-21(11-13-23)22-14-17-36(18-15-22)24-7-4-5-8-24/h3,10-13,19,22,24-25H,1,4-9,14-18,20H2,2H3,(H2,31,39)(H,33,34). The number of benzene rings is 1. The number of carbonyl (C=O) groups excluding carboxylic acids is 2. The van der Waals surface area contributed by atoms with E-state index < -0.39 is 5.91 Å². The van der Waals surface area contributed by atoms with Crippen molar-refractivity contribution in [1.29, 1.82) is 0 Å². The van der Waals surface area contributed by atoms with Gasteiger partial charge >= 0.3 is 0 Å². The summed E-state index contributed by atoms with van der Waals surface area (Å²) in [7, 11) is 1.94. The zero-order valence-corrected chi connectivity index (χ0v) is 23.0. The molecule has 0 spiro atoms. The van der Waals surface area contributed by atoms with Crippen molar-refractivity contribution in [3.8, 4) is 0 Å². The Kier molecular flexibility index (Phi) is 8.45. The van der Waals surface area contributed by atoms with Crippen molar-refractivity contribution in [2.24, 2.45) is 5.73 Å². The lowest BCUT2D eigenvalue weighted by Crippen LogP contribution is -2.48. The van der Waals surface area contributed by atoms with E-state index in [2.05, 4.69) is 33.9 Å². The third-order valence-corrected chi connectivity index (χ3v) is 8.80. The van der Waals surface area contributed by atoms with E-state index >= 15 is 0 Å². The number of likely N-dealkylation sites (N-methyl/N-ethyl adjacent to an activating group) is 1. The maximum Gasteiger partial charge on any atom is 0.271 e. The van der Waals surface area contributed by atoms with E-state index in [9.17, 15) is 9.59 Å². The minimum atomic E-state index is -0.634. The quantitative estimate of drug-likeness (QED) is 0.495. The molecule has 0 bridgehead atoms. The van der Waals surface area contributed by atoms with E-state index in [1.54, 1.807) is 6.20 Å². The molecule has 3 fully saturated rings. The summed E-state index contributed by atoms with van der Waals surface area (Å²) >= 11 is 0. The van der Waals surface area contributed by atoms with Crippen LogP contribution >= 0.6 is 0 Å². The molecule has 2 amide bonds. The lowest BCUT2D eigenvalue weighted by molar-refractivity contribution is -0.127. The topological polar surface area (TPSA) is 108 Å². The molecule has 1 aromatic carbocycles. The lowest BCUT2D eigenvalue weighted by atomic mass is 9.88. The molecule has 1 aliphatic carbocycles. The molecule has 1 aromatic heterocycles. The molecule has 9 nitrogen and oxygen atoms in total. The number of hydrogen-bond donors (Lipinski definition) is 2. The van der Waals surface area contributed by atoms with Crippen molar-refractivity contribution in [2.75, 3.05) is 43.4 Å². The first-order valence-electron chi connectivity index (χ1n) is 14.3. The van der Waals surface area contributed by atoms with E-state index in [-0.39, 0.29) is 17.6 Å². The predicted octanol–water partition coefficient (Wildman–Crippen LogP) is 4.05. The average molecular weight is 532 g/mol. The van der Waals surface area contributed by atoms with Crippen LogP contribution in [0.5, 0.6) is 0 Å². The largest absolute Gasteiger partial charge is 0.364 e.